The number of aryl methyl sites for hydroxylation is 1. The molecule has 0 aromatic heterocycles. The molecule has 1 aromatic carbocycles. The first-order chi connectivity index (χ1) is 9.85. The Morgan fingerprint density at radius 3 is 2.67 bits per heavy atom. The molecule has 0 aliphatic heterocycles. The quantitative estimate of drug-likeness (QED) is 0.715. The number of nitrogens with one attached hydrogen (secondary N) is 1. The van der Waals surface area contributed by atoms with Crippen molar-refractivity contribution in [3.05, 3.63) is 22.2 Å². The third kappa shape index (κ3) is 4.18. The summed E-state index contributed by atoms with van der Waals surface area (Å²) in [7, 11) is -3.52. The fourth-order valence-electron chi connectivity index (χ4n) is 2.40. The van der Waals surface area contributed by atoms with Gasteiger partial charge in [-0.25, -0.2) is 13.1 Å². The van der Waals surface area contributed by atoms with Gasteiger partial charge in [0.1, 0.15) is 0 Å². The van der Waals surface area contributed by atoms with E-state index < -0.39 is 10.0 Å². The third-order valence-corrected chi connectivity index (χ3v) is 6.03. The van der Waals surface area contributed by atoms with Crippen LogP contribution in [0.4, 0.5) is 5.69 Å². The molecule has 0 radical (unpaired) electrons. The van der Waals surface area contributed by atoms with E-state index in [9.17, 15) is 8.42 Å². The summed E-state index contributed by atoms with van der Waals surface area (Å²) < 4.78 is 28.1. The molecule has 1 aromatic rings. The molecule has 1 aliphatic carbocycles. The molecule has 0 spiro atoms. The van der Waals surface area contributed by atoms with Crippen molar-refractivity contribution < 1.29 is 8.42 Å². The molecule has 5 nitrogen and oxygen atoms in total. The molecule has 0 bridgehead atoms. The zero-order chi connectivity index (χ0) is 15.6. The highest BCUT2D eigenvalue weighted by Gasteiger charge is 2.27. The summed E-state index contributed by atoms with van der Waals surface area (Å²) >= 11 is 3.30. The normalized spacial score (nSPS) is 15.6. The number of benzene rings is 1. The van der Waals surface area contributed by atoms with Crippen LogP contribution in [0.5, 0.6) is 0 Å². The molecule has 1 fully saturated rings. The summed E-state index contributed by atoms with van der Waals surface area (Å²) in [6.07, 6.45) is 2.45. The second-order valence-corrected chi connectivity index (χ2v) is 7.99. The Bertz CT molecular complexity index is 615. The zero-order valence-corrected chi connectivity index (χ0v) is 14.8. The highest BCUT2D eigenvalue weighted by atomic mass is 79.9. The molecular formula is C14H22BrN3O2S. The van der Waals surface area contributed by atoms with Gasteiger partial charge in [-0.05, 0) is 59.9 Å². The second-order valence-electron chi connectivity index (χ2n) is 5.40. The number of halogens is 1. The molecule has 0 atom stereocenters. The van der Waals surface area contributed by atoms with Crippen LogP contribution in [0.2, 0.25) is 0 Å². The fraction of sp³-hybridized carbons (Fsp3) is 0.571. The Morgan fingerprint density at radius 1 is 1.43 bits per heavy atom. The fourth-order valence-corrected chi connectivity index (χ4v) is 4.14. The molecule has 2 rings (SSSR count). The molecular weight excluding hydrogens is 354 g/mol. The van der Waals surface area contributed by atoms with Gasteiger partial charge >= 0.3 is 0 Å². The minimum Gasteiger partial charge on any atom is -0.398 e. The molecule has 21 heavy (non-hydrogen) atoms. The van der Waals surface area contributed by atoms with E-state index in [1.807, 2.05) is 0 Å². The van der Waals surface area contributed by atoms with E-state index in [1.165, 1.54) is 18.9 Å². The maximum absolute atomic E-state index is 12.4. The van der Waals surface area contributed by atoms with Crippen molar-refractivity contribution in [2.75, 3.05) is 25.4 Å². The number of nitrogen functional groups attached to an aromatic ring is 1. The van der Waals surface area contributed by atoms with Gasteiger partial charge in [-0.2, -0.15) is 0 Å². The van der Waals surface area contributed by atoms with Crippen LogP contribution in [0.3, 0.4) is 0 Å². The van der Waals surface area contributed by atoms with E-state index in [1.54, 1.807) is 13.0 Å². The number of likely N-dealkylation sites (N-methyl/N-ethyl adjacent to an activating group) is 1. The van der Waals surface area contributed by atoms with Crippen LogP contribution in [-0.4, -0.2) is 39.0 Å². The Balaban J connectivity index is 2.03. The van der Waals surface area contributed by atoms with Crippen molar-refractivity contribution in [2.24, 2.45) is 0 Å². The number of nitrogens with two attached hydrogens (primary N) is 1. The van der Waals surface area contributed by atoms with Crippen molar-refractivity contribution in [3.8, 4) is 0 Å². The molecule has 0 saturated heterocycles. The molecule has 3 N–H and O–H groups in total. The highest BCUT2D eigenvalue weighted by molar-refractivity contribution is 9.10. The summed E-state index contributed by atoms with van der Waals surface area (Å²) in [4.78, 5) is 2.56. The van der Waals surface area contributed by atoms with Gasteiger partial charge in [-0.3, -0.25) is 4.90 Å². The Kier molecular flexibility index (Phi) is 5.29. The summed E-state index contributed by atoms with van der Waals surface area (Å²) in [5, 5.41) is 0. The smallest absolute Gasteiger partial charge is 0.240 e. The van der Waals surface area contributed by atoms with Gasteiger partial charge in [0.15, 0.2) is 0 Å². The summed E-state index contributed by atoms with van der Waals surface area (Å²) in [5.41, 5.74) is 6.89. The summed E-state index contributed by atoms with van der Waals surface area (Å²) in [6, 6.07) is 3.87. The lowest BCUT2D eigenvalue weighted by Crippen LogP contribution is -2.36. The second kappa shape index (κ2) is 6.64. The van der Waals surface area contributed by atoms with Crippen molar-refractivity contribution in [3.63, 3.8) is 0 Å². The monoisotopic (exact) mass is 375 g/mol. The van der Waals surface area contributed by atoms with Gasteiger partial charge < -0.3 is 5.73 Å². The van der Waals surface area contributed by atoms with Crippen molar-refractivity contribution in [1.82, 2.24) is 9.62 Å². The predicted octanol–water partition coefficient (Wildman–Crippen LogP) is 2.10. The average molecular weight is 376 g/mol. The summed E-state index contributed by atoms with van der Waals surface area (Å²) in [6.45, 7) is 5.98. The van der Waals surface area contributed by atoms with Crippen LogP contribution in [0.15, 0.2) is 21.5 Å². The van der Waals surface area contributed by atoms with Gasteiger partial charge in [0.2, 0.25) is 10.0 Å². The molecule has 1 aliphatic rings. The lowest BCUT2D eigenvalue weighted by atomic mass is 10.2. The SMILES string of the molecule is CCN(CCNS(=O)(=O)c1cc(N)c(Br)cc1C)C1CC1. The van der Waals surface area contributed by atoms with E-state index >= 15 is 0 Å². The lowest BCUT2D eigenvalue weighted by Gasteiger charge is -2.20. The van der Waals surface area contributed by atoms with Crippen molar-refractivity contribution >= 4 is 31.6 Å². The number of sulfonamides is 1. The first-order valence-electron chi connectivity index (χ1n) is 7.14. The van der Waals surface area contributed by atoms with E-state index in [0.29, 0.717) is 28.3 Å². The van der Waals surface area contributed by atoms with Gasteiger partial charge in [0, 0.05) is 29.3 Å². The van der Waals surface area contributed by atoms with E-state index in [0.717, 1.165) is 13.1 Å². The van der Waals surface area contributed by atoms with Crippen molar-refractivity contribution in [2.45, 2.75) is 37.6 Å². The number of hydrogen-bond donors (Lipinski definition) is 2. The van der Waals surface area contributed by atoms with Crippen molar-refractivity contribution in [1.29, 1.82) is 0 Å². The Labute approximate surface area is 135 Å². The van der Waals surface area contributed by atoms with Gasteiger partial charge in [0.05, 0.1) is 4.90 Å². The third-order valence-electron chi connectivity index (χ3n) is 3.74. The van der Waals surface area contributed by atoms with E-state index in [2.05, 4.69) is 32.5 Å². The zero-order valence-electron chi connectivity index (χ0n) is 12.4. The molecule has 7 heteroatoms. The maximum Gasteiger partial charge on any atom is 0.240 e. The Morgan fingerprint density at radius 2 is 2.10 bits per heavy atom. The largest absolute Gasteiger partial charge is 0.398 e. The number of anilines is 1. The summed E-state index contributed by atoms with van der Waals surface area (Å²) in [5.74, 6) is 0. The van der Waals surface area contributed by atoms with E-state index in [-0.39, 0.29) is 4.90 Å². The van der Waals surface area contributed by atoms with Crippen LogP contribution >= 0.6 is 15.9 Å². The van der Waals surface area contributed by atoms with Crippen LogP contribution in [0.25, 0.3) is 0 Å². The first kappa shape index (κ1) is 16.7. The van der Waals surface area contributed by atoms with E-state index in [4.69, 9.17) is 5.73 Å². The minimum atomic E-state index is -3.52. The molecule has 1 saturated carbocycles. The molecule has 0 heterocycles. The molecule has 0 amide bonds. The topological polar surface area (TPSA) is 75.4 Å². The predicted molar refractivity (Wildman–Crippen MR) is 88.7 cm³/mol. The highest BCUT2D eigenvalue weighted by Crippen LogP contribution is 2.27. The maximum atomic E-state index is 12.4. The van der Waals surface area contributed by atoms with Gasteiger partial charge in [-0.15, -0.1) is 0 Å². The van der Waals surface area contributed by atoms with Crippen LogP contribution < -0.4 is 10.5 Å². The van der Waals surface area contributed by atoms with Crippen LogP contribution in [-0.2, 0) is 10.0 Å². The number of nitrogens with zero attached hydrogens (tertiary/aromatic N) is 1. The molecule has 0 unspecified atom stereocenters. The Hall–Kier alpha value is -0.630. The average Bonchev–Trinajstić information content (AvgIpc) is 3.23. The van der Waals surface area contributed by atoms with Crippen LogP contribution in [0, 0.1) is 6.92 Å². The number of hydrogen-bond acceptors (Lipinski definition) is 4. The molecule has 118 valence electrons. The van der Waals surface area contributed by atoms with Gasteiger partial charge in [-0.1, -0.05) is 6.92 Å². The minimum absolute atomic E-state index is 0.248. The lowest BCUT2D eigenvalue weighted by molar-refractivity contribution is 0.282. The van der Waals surface area contributed by atoms with Gasteiger partial charge in [0.25, 0.3) is 0 Å². The standard InChI is InChI=1S/C14H22BrN3O2S/c1-3-18(11-4-5-11)7-6-17-21(19,20)14-9-13(16)12(15)8-10(14)2/h8-9,11,17H,3-7,16H2,1-2H3. The van der Waals surface area contributed by atoms with Crippen LogP contribution in [0.1, 0.15) is 25.3 Å². The first-order valence-corrected chi connectivity index (χ1v) is 9.42. The number of rotatable bonds is 7.